The minimum atomic E-state index is -4.63. The monoisotopic (exact) mass is 375 g/mol. The Morgan fingerprint density at radius 3 is 2.84 bits per heavy atom. The fourth-order valence-electron chi connectivity index (χ4n) is 2.78. The zero-order valence-corrected chi connectivity index (χ0v) is 14.0. The Morgan fingerprint density at radius 1 is 1.48 bits per heavy atom. The van der Waals surface area contributed by atoms with E-state index < -0.39 is 30.1 Å². The molecule has 1 amide bonds. The molecule has 1 aliphatic heterocycles. The van der Waals surface area contributed by atoms with Gasteiger partial charge >= 0.3 is 6.18 Å². The second-order valence-corrected chi connectivity index (χ2v) is 6.95. The number of aliphatic hydroxyl groups excluding tert-OH is 1. The number of piperidine rings is 1. The number of hydrogen-bond donors (Lipinski definition) is 2. The Morgan fingerprint density at radius 2 is 2.20 bits per heavy atom. The van der Waals surface area contributed by atoms with Crippen molar-refractivity contribution >= 4 is 17.2 Å². The summed E-state index contributed by atoms with van der Waals surface area (Å²) in [4.78, 5) is 14.5. The van der Waals surface area contributed by atoms with E-state index in [-0.39, 0.29) is 11.3 Å². The van der Waals surface area contributed by atoms with E-state index in [1.54, 1.807) is 0 Å². The molecular weight excluding hydrogens is 359 g/mol. The quantitative estimate of drug-likeness (QED) is 0.842. The van der Waals surface area contributed by atoms with Crippen molar-refractivity contribution in [3.05, 3.63) is 28.3 Å². The number of amides is 1. The van der Waals surface area contributed by atoms with Gasteiger partial charge in [0.15, 0.2) is 0 Å². The maximum atomic E-state index is 12.8. The van der Waals surface area contributed by atoms with E-state index in [1.165, 1.54) is 24.0 Å². The third-order valence-electron chi connectivity index (χ3n) is 4.13. The number of nitrogens with zero attached hydrogens (tertiary/aromatic N) is 2. The van der Waals surface area contributed by atoms with Crippen LogP contribution in [0.1, 0.15) is 33.8 Å². The fourth-order valence-corrected chi connectivity index (χ4v) is 3.78. The first-order valence-corrected chi connectivity index (χ1v) is 8.40. The molecule has 6 nitrogen and oxygen atoms in total. The summed E-state index contributed by atoms with van der Waals surface area (Å²) in [5, 5.41) is 13.5. The van der Waals surface area contributed by atoms with Crippen LogP contribution >= 0.6 is 11.3 Å². The molecule has 0 spiro atoms. The second-order valence-electron chi connectivity index (χ2n) is 5.87. The van der Waals surface area contributed by atoms with Gasteiger partial charge in [0.1, 0.15) is 11.9 Å². The van der Waals surface area contributed by atoms with Crippen LogP contribution in [0.25, 0.3) is 10.6 Å². The molecule has 0 aromatic carbocycles. The summed E-state index contributed by atoms with van der Waals surface area (Å²) >= 11 is 0.996. The first-order chi connectivity index (χ1) is 11.7. The van der Waals surface area contributed by atoms with Gasteiger partial charge in [-0.3, -0.25) is 4.79 Å². The van der Waals surface area contributed by atoms with E-state index in [0.29, 0.717) is 29.1 Å². The Balaban J connectivity index is 1.86. The highest BCUT2D eigenvalue weighted by atomic mass is 32.1. The molecule has 1 unspecified atom stereocenters. The molecule has 2 atom stereocenters. The molecule has 2 aromatic heterocycles. The van der Waals surface area contributed by atoms with Crippen LogP contribution < -0.4 is 5.73 Å². The van der Waals surface area contributed by atoms with E-state index >= 15 is 0 Å². The minimum Gasteiger partial charge on any atom is -0.372 e. The zero-order chi connectivity index (χ0) is 18.4. The van der Waals surface area contributed by atoms with Gasteiger partial charge in [-0.05, 0) is 31.9 Å². The summed E-state index contributed by atoms with van der Waals surface area (Å²) in [6.07, 6.45) is -4.39. The molecule has 0 bridgehead atoms. The van der Waals surface area contributed by atoms with Crippen LogP contribution in [0.2, 0.25) is 0 Å². The molecule has 0 radical (unpaired) electrons. The van der Waals surface area contributed by atoms with Crippen LogP contribution in [0.15, 0.2) is 16.7 Å². The van der Waals surface area contributed by atoms with E-state index in [1.807, 2.05) is 0 Å². The average Bonchev–Trinajstić information content (AvgIpc) is 3.15. The number of aliphatic hydroxyl groups is 1. The van der Waals surface area contributed by atoms with Crippen LogP contribution in [0.4, 0.5) is 13.2 Å². The van der Waals surface area contributed by atoms with Crippen LogP contribution in [0.3, 0.4) is 0 Å². The van der Waals surface area contributed by atoms with Gasteiger partial charge in [0.25, 0.3) is 5.91 Å². The molecule has 136 valence electrons. The SMILES string of the molecule is Cc1c(-c2ccc(C(=O)N3CCCC(N)[C@@H]3O)s2)noc1C(F)(F)F. The summed E-state index contributed by atoms with van der Waals surface area (Å²) < 4.78 is 42.8. The number of alkyl halides is 3. The van der Waals surface area contributed by atoms with Crippen molar-refractivity contribution in [2.75, 3.05) is 6.54 Å². The van der Waals surface area contributed by atoms with Crippen molar-refractivity contribution < 1.29 is 27.6 Å². The second kappa shape index (κ2) is 6.43. The number of aromatic nitrogens is 1. The number of thiophene rings is 1. The fraction of sp³-hybridized carbons (Fsp3) is 0.467. The lowest BCUT2D eigenvalue weighted by Crippen LogP contribution is -2.54. The van der Waals surface area contributed by atoms with Gasteiger partial charge in [0.2, 0.25) is 5.76 Å². The van der Waals surface area contributed by atoms with Gasteiger partial charge in [-0.25, -0.2) is 0 Å². The normalized spacial score (nSPS) is 21.6. The zero-order valence-electron chi connectivity index (χ0n) is 13.2. The Hall–Kier alpha value is -1.91. The highest BCUT2D eigenvalue weighted by molar-refractivity contribution is 7.17. The van der Waals surface area contributed by atoms with E-state index in [2.05, 4.69) is 9.68 Å². The van der Waals surface area contributed by atoms with Crippen molar-refractivity contribution in [1.29, 1.82) is 0 Å². The highest BCUT2D eigenvalue weighted by Gasteiger charge is 2.39. The molecule has 1 aliphatic rings. The first-order valence-electron chi connectivity index (χ1n) is 7.58. The summed E-state index contributed by atoms with van der Waals surface area (Å²) in [5.74, 6) is -1.56. The van der Waals surface area contributed by atoms with Gasteiger partial charge in [-0.15, -0.1) is 11.3 Å². The van der Waals surface area contributed by atoms with Gasteiger partial charge in [-0.1, -0.05) is 5.16 Å². The van der Waals surface area contributed by atoms with Gasteiger partial charge in [0, 0.05) is 18.2 Å². The Labute approximate surface area is 145 Å². The van der Waals surface area contributed by atoms with Gasteiger partial charge in [-0.2, -0.15) is 13.2 Å². The van der Waals surface area contributed by atoms with Crippen LogP contribution in [0.5, 0.6) is 0 Å². The van der Waals surface area contributed by atoms with Crippen molar-refractivity contribution in [3.63, 3.8) is 0 Å². The summed E-state index contributed by atoms with van der Waals surface area (Å²) in [7, 11) is 0. The number of likely N-dealkylation sites (tertiary alicyclic amines) is 1. The van der Waals surface area contributed by atoms with Crippen molar-refractivity contribution in [3.8, 4) is 10.6 Å². The molecule has 3 N–H and O–H groups in total. The summed E-state index contributed by atoms with van der Waals surface area (Å²) in [5.41, 5.74) is 5.69. The third-order valence-corrected chi connectivity index (χ3v) is 5.21. The predicted molar refractivity (Wildman–Crippen MR) is 83.8 cm³/mol. The minimum absolute atomic E-state index is 0.0484. The number of rotatable bonds is 2. The maximum Gasteiger partial charge on any atom is 0.452 e. The maximum absolute atomic E-state index is 12.8. The topological polar surface area (TPSA) is 92.6 Å². The Bertz CT molecular complexity index is 787. The highest BCUT2D eigenvalue weighted by Crippen LogP contribution is 2.38. The number of hydrogen-bond acceptors (Lipinski definition) is 6. The summed E-state index contributed by atoms with van der Waals surface area (Å²) in [6, 6.07) is 2.50. The Kier molecular flexibility index (Phi) is 4.60. The smallest absolute Gasteiger partial charge is 0.372 e. The molecule has 0 saturated carbocycles. The molecule has 3 rings (SSSR count). The first kappa shape index (κ1) is 17.9. The number of nitrogens with two attached hydrogens (primary N) is 1. The number of carbonyl (C=O) groups is 1. The molecule has 1 fully saturated rings. The third kappa shape index (κ3) is 3.29. The van der Waals surface area contributed by atoms with Crippen molar-refractivity contribution in [2.24, 2.45) is 5.73 Å². The van der Waals surface area contributed by atoms with E-state index in [4.69, 9.17) is 5.73 Å². The predicted octanol–water partition coefficient (Wildman–Crippen LogP) is 2.61. The van der Waals surface area contributed by atoms with Crippen LogP contribution in [-0.4, -0.2) is 39.9 Å². The van der Waals surface area contributed by atoms with Gasteiger partial charge in [0.05, 0.1) is 9.75 Å². The van der Waals surface area contributed by atoms with Gasteiger partial charge < -0.3 is 20.3 Å². The lowest BCUT2D eigenvalue weighted by atomic mass is 10.0. The summed E-state index contributed by atoms with van der Waals surface area (Å²) in [6.45, 7) is 1.64. The molecular formula is C15H16F3N3O3S. The molecule has 25 heavy (non-hydrogen) atoms. The van der Waals surface area contributed by atoms with E-state index in [0.717, 1.165) is 11.3 Å². The molecule has 0 aliphatic carbocycles. The van der Waals surface area contributed by atoms with Crippen molar-refractivity contribution in [1.82, 2.24) is 10.1 Å². The molecule has 10 heteroatoms. The number of halogens is 3. The lowest BCUT2D eigenvalue weighted by Gasteiger charge is -2.35. The number of carbonyl (C=O) groups excluding carboxylic acids is 1. The van der Waals surface area contributed by atoms with E-state index in [9.17, 15) is 23.1 Å². The molecule has 1 saturated heterocycles. The molecule has 3 heterocycles. The average molecular weight is 375 g/mol. The van der Waals surface area contributed by atoms with Crippen molar-refractivity contribution in [2.45, 2.75) is 38.2 Å². The lowest BCUT2D eigenvalue weighted by molar-refractivity contribution is -0.156. The largest absolute Gasteiger partial charge is 0.452 e. The standard InChI is InChI=1S/C15H16F3N3O3S/c1-7-11(20-24-12(7)15(16,17)18)9-4-5-10(25-9)14(23)21-6-2-3-8(19)13(21)22/h4-5,8,13,22H,2-3,6,19H2,1H3/t8?,13-/m0/s1. The van der Waals surface area contributed by atoms with Crippen LogP contribution in [-0.2, 0) is 6.18 Å². The molecule has 2 aromatic rings. The van der Waals surface area contributed by atoms with Crippen LogP contribution in [0, 0.1) is 6.92 Å².